The van der Waals surface area contributed by atoms with Crippen molar-refractivity contribution in [3.63, 3.8) is 0 Å². The van der Waals surface area contributed by atoms with Gasteiger partial charge in [0.05, 0.1) is 6.61 Å². The van der Waals surface area contributed by atoms with Crippen LogP contribution in [-0.2, 0) is 9.53 Å². The van der Waals surface area contributed by atoms with Gasteiger partial charge in [-0.2, -0.15) is 0 Å². The molecule has 0 radical (unpaired) electrons. The minimum atomic E-state index is -0.0459. The summed E-state index contributed by atoms with van der Waals surface area (Å²) in [5, 5.41) is 0. The Kier molecular flexibility index (Phi) is 11.7. The third kappa shape index (κ3) is 11.3. The molecule has 0 N–H and O–H groups in total. The van der Waals surface area contributed by atoms with Crippen molar-refractivity contribution < 1.29 is 9.53 Å². The Morgan fingerprint density at radius 1 is 1.00 bits per heavy atom. The predicted octanol–water partition coefficient (Wildman–Crippen LogP) is 4.25. The highest BCUT2D eigenvalue weighted by atomic mass is 16.5. The van der Waals surface area contributed by atoms with Crippen LogP contribution < -0.4 is 0 Å². The van der Waals surface area contributed by atoms with E-state index in [-0.39, 0.29) is 5.97 Å². The van der Waals surface area contributed by atoms with Gasteiger partial charge in [0.25, 0.3) is 0 Å². The lowest BCUT2D eigenvalue weighted by molar-refractivity contribution is -0.143. The number of allylic oxidation sites excluding steroid dienone is 2. The average molecular weight is 226 g/mol. The van der Waals surface area contributed by atoms with E-state index in [0.717, 1.165) is 32.1 Å². The van der Waals surface area contributed by atoms with Gasteiger partial charge in [0.15, 0.2) is 0 Å². The summed E-state index contributed by atoms with van der Waals surface area (Å²) in [5.41, 5.74) is 0. The van der Waals surface area contributed by atoms with Crippen LogP contribution >= 0.6 is 0 Å². The van der Waals surface area contributed by atoms with Crippen LogP contribution in [0.5, 0.6) is 0 Å². The van der Waals surface area contributed by atoms with Crippen molar-refractivity contribution in [3.05, 3.63) is 12.2 Å². The van der Waals surface area contributed by atoms with Crippen molar-refractivity contribution in [2.75, 3.05) is 6.61 Å². The Morgan fingerprint density at radius 2 is 1.62 bits per heavy atom. The summed E-state index contributed by atoms with van der Waals surface area (Å²) < 4.78 is 5.06. The van der Waals surface area contributed by atoms with E-state index in [1.807, 2.05) is 0 Å². The first kappa shape index (κ1) is 15.2. The van der Waals surface area contributed by atoms with Crippen LogP contribution in [0.2, 0.25) is 0 Å². The van der Waals surface area contributed by atoms with E-state index < -0.39 is 0 Å². The van der Waals surface area contributed by atoms with Crippen molar-refractivity contribution in [2.45, 2.75) is 65.2 Å². The summed E-state index contributed by atoms with van der Waals surface area (Å²) in [6.45, 7) is 4.87. The summed E-state index contributed by atoms with van der Waals surface area (Å²) in [6.07, 6.45) is 12.6. The topological polar surface area (TPSA) is 26.3 Å². The zero-order valence-electron chi connectivity index (χ0n) is 10.8. The maximum absolute atomic E-state index is 11.2. The molecule has 0 saturated carbocycles. The first-order valence-corrected chi connectivity index (χ1v) is 6.61. The zero-order chi connectivity index (χ0) is 12.1. The Labute approximate surface area is 100 Å². The lowest BCUT2D eigenvalue weighted by atomic mass is 10.2. The van der Waals surface area contributed by atoms with Gasteiger partial charge in [0.1, 0.15) is 0 Å². The van der Waals surface area contributed by atoms with E-state index in [2.05, 4.69) is 26.0 Å². The molecule has 0 bridgehead atoms. The van der Waals surface area contributed by atoms with Gasteiger partial charge in [-0.25, -0.2) is 0 Å². The van der Waals surface area contributed by atoms with Crippen LogP contribution in [0.3, 0.4) is 0 Å². The monoisotopic (exact) mass is 226 g/mol. The molecule has 0 aromatic rings. The van der Waals surface area contributed by atoms with Crippen LogP contribution in [0.4, 0.5) is 0 Å². The number of hydrogen-bond donors (Lipinski definition) is 0. The highest BCUT2D eigenvalue weighted by Gasteiger charge is 2.00. The Balaban J connectivity index is 3.23. The number of rotatable bonds is 10. The second-order valence-corrected chi connectivity index (χ2v) is 4.08. The molecule has 2 heteroatoms. The third-order valence-corrected chi connectivity index (χ3v) is 2.40. The summed E-state index contributed by atoms with van der Waals surface area (Å²) in [6, 6.07) is 0. The molecule has 0 saturated heterocycles. The van der Waals surface area contributed by atoms with Gasteiger partial charge in [0, 0.05) is 6.42 Å². The van der Waals surface area contributed by atoms with Gasteiger partial charge in [-0.15, -0.1) is 0 Å². The first-order chi connectivity index (χ1) is 7.81. The summed E-state index contributed by atoms with van der Waals surface area (Å²) in [5.74, 6) is -0.0459. The molecule has 0 aliphatic carbocycles. The number of carbonyl (C=O) groups excluding carboxylic acids is 1. The highest BCUT2D eigenvalue weighted by Crippen LogP contribution is 2.02. The fourth-order valence-corrected chi connectivity index (χ4v) is 1.32. The summed E-state index contributed by atoms with van der Waals surface area (Å²) in [4.78, 5) is 11.2. The third-order valence-electron chi connectivity index (χ3n) is 2.40. The van der Waals surface area contributed by atoms with Crippen molar-refractivity contribution in [3.8, 4) is 0 Å². The van der Waals surface area contributed by atoms with E-state index >= 15 is 0 Å². The molecule has 16 heavy (non-hydrogen) atoms. The van der Waals surface area contributed by atoms with Crippen LogP contribution in [0.1, 0.15) is 65.2 Å². The number of ether oxygens (including phenoxy) is 1. The van der Waals surface area contributed by atoms with Gasteiger partial charge >= 0.3 is 5.97 Å². The van der Waals surface area contributed by atoms with Crippen molar-refractivity contribution >= 4 is 5.97 Å². The smallest absolute Gasteiger partial charge is 0.305 e. The molecule has 0 atom stereocenters. The Hall–Kier alpha value is -0.790. The molecule has 0 fully saturated rings. The molecule has 0 heterocycles. The lowest BCUT2D eigenvalue weighted by Crippen LogP contribution is -2.04. The number of unbranched alkanes of at least 4 members (excludes halogenated alkanes) is 4. The predicted molar refractivity (Wildman–Crippen MR) is 68.4 cm³/mol. The molecule has 0 spiro atoms. The van der Waals surface area contributed by atoms with E-state index in [1.165, 1.54) is 12.8 Å². The molecule has 0 aliphatic rings. The summed E-state index contributed by atoms with van der Waals surface area (Å²) >= 11 is 0. The SMILES string of the molecule is CCCC/C=C/CCCC(=O)OCCCC. The van der Waals surface area contributed by atoms with E-state index in [0.29, 0.717) is 13.0 Å². The molecular weight excluding hydrogens is 200 g/mol. The van der Waals surface area contributed by atoms with Gasteiger partial charge in [-0.1, -0.05) is 45.3 Å². The zero-order valence-corrected chi connectivity index (χ0v) is 10.8. The average Bonchev–Trinajstić information content (AvgIpc) is 2.28. The van der Waals surface area contributed by atoms with Crippen molar-refractivity contribution in [2.24, 2.45) is 0 Å². The number of hydrogen-bond acceptors (Lipinski definition) is 2. The Bertz CT molecular complexity index is 185. The minimum Gasteiger partial charge on any atom is -0.466 e. The van der Waals surface area contributed by atoms with Crippen LogP contribution in [0.15, 0.2) is 12.2 Å². The number of carbonyl (C=O) groups is 1. The molecule has 0 aromatic carbocycles. The second-order valence-electron chi connectivity index (χ2n) is 4.08. The normalized spacial score (nSPS) is 10.9. The quantitative estimate of drug-likeness (QED) is 0.316. The largest absolute Gasteiger partial charge is 0.466 e. The molecule has 0 aliphatic heterocycles. The standard InChI is InChI=1S/C14H26O2/c1-3-5-7-8-9-10-11-12-14(15)16-13-6-4-2/h8-9H,3-7,10-13H2,1-2H3/b9-8+. The van der Waals surface area contributed by atoms with Crippen LogP contribution in [0, 0.1) is 0 Å². The molecule has 0 rings (SSSR count). The fourth-order valence-electron chi connectivity index (χ4n) is 1.32. The van der Waals surface area contributed by atoms with Gasteiger partial charge in [0.2, 0.25) is 0 Å². The lowest BCUT2D eigenvalue weighted by Gasteiger charge is -2.02. The molecule has 0 amide bonds. The van der Waals surface area contributed by atoms with E-state index in [1.54, 1.807) is 0 Å². The maximum atomic E-state index is 11.2. The molecule has 94 valence electrons. The van der Waals surface area contributed by atoms with Crippen LogP contribution in [0.25, 0.3) is 0 Å². The molecule has 0 unspecified atom stereocenters. The maximum Gasteiger partial charge on any atom is 0.305 e. The van der Waals surface area contributed by atoms with Crippen molar-refractivity contribution in [1.29, 1.82) is 0 Å². The molecule has 2 nitrogen and oxygen atoms in total. The van der Waals surface area contributed by atoms with Gasteiger partial charge in [-0.05, 0) is 25.7 Å². The fraction of sp³-hybridized carbons (Fsp3) is 0.786. The molecule has 0 aromatic heterocycles. The summed E-state index contributed by atoms with van der Waals surface area (Å²) in [7, 11) is 0. The first-order valence-electron chi connectivity index (χ1n) is 6.61. The van der Waals surface area contributed by atoms with Crippen LogP contribution in [-0.4, -0.2) is 12.6 Å². The van der Waals surface area contributed by atoms with E-state index in [9.17, 15) is 4.79 Å². The molecular formula is C14H26O2. The van der Waals surface area contributed by atoms with E-state index in [4.69, 9.17) is 4.74 Å². The van der Waals surface area contributed by atoms with Gasteiger partial charge < -0.3 is 4.74 Å². The minimum absolute atomic E-state index is 0.0459. The highest BCUT2D eigenvalue weighted by molar-refractivity contribution is 5.69. The van der Waals surface area contributed by atoms with Gasteiger partial charge in [-0.3, -0.25) is 4.79 Å². The van der Waals surface area contributed by atoms with Crippen molar-refractivity contribution in [1.82, 2.24) is 0 Å². The second kappa shape index (κ2) is 12.3. The Morgan fingerprint density at radius 3 is 2.25 bits per heavy atom. The number of esters is 1.